The molecule has 3 rings (SSSR count). The Morgan fingerprint density at radius 2 is 2.04 bits per heavy atom. The predicted octanol–water partition coefficient (Wildman–Crippen LogP) is 6.13. The first-order valence-corrected chi connectivity index (χ1v) is 10.1. The van der Waals surface area contributed by atoms with E-state index in [2.05, 4.69) is 45.6 Å². The number of phenolic OH excluding ortho intramolecular Hbond substituents is 1. The second-order valence-electron chi connectivity index (χ2n) is 8.41. The van der Waals surface area contributed by atoms with Gasteiger partial charge in [0.2, 0.25) is 0 Å². The molecule has 2 atom stereocenters. The molecule has 0 aromatic heterocycles. The van der Waals surface area contributed by atoms with Crippen LogP contribution >= 0.6 is 0 Å². The van der Waals surface area contributed by atoms with Crippen LogP contribution in [0.25, 0.3) is 0 Å². The summed E-state index contributed by atoms with van der Waals surface area (Å²) >= 11 is 0. The van der Waals surface area contributed by atoms with Crippen molar-refractivity contribution >= 4 is 0 Å². The lowest BCUT2D eigenvalue weighted by Crippen LogP contribution is -2.45. The maximum absolute atomic E-state index is 10.2. The van der Waals surface area contributed by atoms with Crippen LogP contribution in [0.3, 0.4) is 0 Å². The molecule has 2 aliphatic rings. The largest absolute Gasteiger partial charge is 0.508 e. The molecule has 140 valence electrons. The highest BCUT2D eigenvalue weighted by Crippen LogP contribution is 2.53. The zero-order valence-electron chi connectivity index (χ0n) is 16.7. The first-order chi connectivity index (χ1) is 12.4. The average Bonchev–Trinajstić information content (AvgIpc) is 2.56. The highest BCUT2D eigenvalue weighted by Gasteiger charge is 2.45. The summed E-state index contributed by atoms with van der Waals surface area (Å²) in [6.07, 6.45) is 9.81. The summed E-state index contributed by atoms with van der Waals surface area (Å²) in [6, 6.07) is 3.69. The molecule has 0 amide bonds. The Hall–Kier alpha value is -1.88. The number of hydrogen-bond acceptors (Lipinski definition) is 2. The van der Waals surface area contributed by atoms with Crippen molar-refractivity contribution in [3.05, 3.63) is 34.9 Å². The van der Waals surface area contributed by atoms with Crippen molar-refractivity contribution in [1.29, 1.82) is 0 Å². The molecule has 1 N–H and O–H groups in total. The van der Waals surface area contributed by atoms with Crippen LogP contribution < -0.4 is 4.74 Å². The normalized spacial score (nSPS) is 23.0. The topological polar surface area (TPSA) is 29.5 Å². The van der Waals surface area contributed by atoms with Crippen LogP contribution in [-0.2, 0) is 6.42 Å². The smallest absolute Gasteiger partial charge is 0.127 e. The lowest BCUT2D eigenvalue weighted by molar-refractivity contribution is 0.00803. The second-order valence-corrected chi connectivity index (χ2v) is 8.41. The van der Waals surface area contributed by atoms with Gasteiger partial charge in [-0.1, -0.05) is 37.3 Å². The summed E-state index contributed by atoms with van der Waals surface area (Å²) in [7, 11) is 0. The van der Waals surface area contributed by atoms with E-state index in [0.29, 0.717) is 18.3 Å². The molecular weight excluding hydrogens is 320 g/mol. The lowest BCUT2D eigenvalue weighted by Gasteiger charge is -2.47. The Balaban J connectivity index is 1.91. The highest BCUT2D eigenvalue weighted by atomic mass is 16.5. The molecular formula is C24H32O2. The number of unbranched alkanes of at least 4 members (excludes halogenated alkanes) is 3. The van der Waals surface area contributed by atoms with Gasteiger partial charge in [-0.05, 0) is 57.6 Å². The van der Waals surface area contributed by atoms with E-state index in [4.69, 9.17) is 4.74 Å². The van der Waals surface area contributed by atoms with Gasteiger partial charge in [-0.25, -0.2) is 0 Å². The fraction of sp³-hybridized carbons (Fsp3) is 0.583. The first-order valence-electron chi connectivity index (χ1n) is 10.1. The molecule has 0 radical (unpaired) electrons. The van der Waals surface area contributed by atoms with Crippen LogP contribution in [0.5, 0.6) is 11.5 Å². The Labute approximate surface area is 158 Å². The molecule has 2 heteroatoms. The Kier molecular flexibility index (Phi) is 5.66. The number of benzene rings is 1. The molecule has 0 spiro atoms. The zero-order valence-corrected chi connectivity index (χ0v) is 16.7. The SMILES string of the molecule is CCCCCC#CCc1cc(O)cc2c1[C@@H]1CC(C)=CC[C@H]1C(C)(C)O2. The van der Waals surface area contributed by atoms with Crippen molar-refractivity contribution in [3.8, 4) is 23.3 Å². The number of fused-ring (bicyclic) bond motifs is 3. The average molecular weight is 353 g/mol. The number of aromatic hydroxyl groups is 1. The van der Waals surface area contributed by atoms with Gasteiger partial charge in [-0.15, -0.1) is 5.92 Å². The molecule has 0 fully saturated rings. The summed E-state index contributed by atoms with van der Waals surface area (Å²) in [5.41, 5.74) is 3.66. The number of phenols is 1. The maximum Gasteiger partial charge on any atom is 0.127 e. The summed E-state index contributed by atoms with van der Waals surface area (Å²) < 4.78 is 6.37. The van der Waals surface area contributed by atoms with Crippen LogP contribution in [0.2, 0.25) is 0 Å². The molecule has 0 saturated heterocycles. The van der Waals surface area contributed by atoms with E-state index < -0.39 is 0 Å². The number of allylic oxidation sites excluding steroid dienone is 2. The molecule has 2 nitrogen and oxygen atoms in total. The maximum atomic E-state index is 10.2. The monoisotopic (exact) mass is 352 g/mol. The number of ether oxygens (including phenoxy) is 1. The summed E-state index contributed by atoms with van der Waals surface area (Å²) in [4.78, 5) is 0. The minimum Gasteiger partial charge on any atom is -0.508 e. The number of rotatable bonds is 4. The van der Waals surface area contributed by atoms with Crippen LogP contribution in [0.1, 0.15) is 83.3 Å². The van der Waals surface area contributed by atoms with Crippen molar-refractivity contribution < 1.29 is 9.84 Å². The van der Waals surface area contributed by atoms with Crippen LogP contribution in [0.4, 0.5) is 0 Å². The quantitative estimate of drug-likeness (QED) is 0.401. The fourth-order valence-electron chi connectivity index (χ4n) is 4.52. The standard InChI is InChI=1S/C24H32O2/c1-5-6-7-8-9-10-11-18-15-19(25)16-22-23(18)20-14-17(2)12-13-21(20)24(3,4)26-22/h12,15-16,20-21,25H,5-8,11,13-14H2,1-4H3/t20-,21-/m1/s1. The molecule has 1 aliphatic carbocycles. The van der Waals surface area contributed by atoms with Crippen molar-refractivity contribution in [1.82, 2.24) is 0 Å². The van der Waals surface area contributed by atoms with Gasteiger partial charge in [-0.2, -0.15) is 0 Å². The van der Waals surface area contributed by atoms with Gasteiger partial charge in [0.25, 0.3) is 0 Å². The minimum absolute atomic E-state index is 0.217. The molecule has 0 bridgehead atoms. The van der Waals surface area contributed by atoms with Gasteiger partial charge in [-0.3, -0.25) is 0 Å². The van der Waals surface area contributed by atoms with E-state index in [1.807, 2.05) is 6.07 Å². The predicted molar refractivity (Wildman–Crippen MR) is 108 cm³/mol. The number of hydrogen-bond donors (Lipinski definition) is 1. The third kappa shape index (κ3) is 3.93. The molecule has 1 aromatic rings. The van der Waals surface area contributed by atoms with Crippen molar-refractivity contribution in [2.45, 2.75) is 84.2 Å². The summed E-state index contributed by atoms with van der Waals surface area (Å²) in [5.74, 6) is 8.71. The second kappa shape index (κ2) is 7.78. The van der Waals surface area contributed by atoms with Crippen LogP contribution in [0.15, 0.2) is 23.8 Å². The van der Waals surface area contributed by atoms with Gasteiger partial charge >= 0.3 is 0 Å². The Bertz CT molecular complexity index is 745. The fourth-order valence-corrected chi connectivity index (χ4v) is 4.52. The van der Waals surface area contributed by atoms with E-state index in [-0.39, 0.29) is 11.4 Å². The Morgan fingerprint density at radius 3 is 2.81 bits per heavy atom. The van der Waals surface area contributed by atoms with Crippen LogP contribution in [0, 0.1) is 17.8 Å². The van der Waals surface area contributed by atoms with Gasteiger partial charge in [0, 0.05) is 30.4 Å². The van der Waals surface area contributed by atoms with Gasteiger partial charge < -0.3 is 9.84 Å². The van der Waals surface area contributed by atoms with E-state index in [1.54, 1.807) is 6.07 Å². The van der Waals surface area contributed by atoms with Crippen molar-refractivity contribution in [2.24, 2.45) is 5.92 Å². The molecule has 1 heterocycles. The van der Waals surface area contributed by atoms with E-state index in [1.165, 1.54) is 30.4 Å². The van der Waals surface area contributed by atoms with Gasteiger partial charge in [0.05, 0.1) is 0 Å². The third-order valence-corrected chi connectivity index (χ3v) is 5.91. The molecule has 0 unspecified atom stereocenters. The minimum atomic E-state index is -0.217. The molecule has 1 aromatic carbocycles. The highest BCUT2D eigenvalue weighted by molar-refractivity contribution is 5.52. The first kappa shape index (κ1) is 18.9. The van der Waals surface area contributed by atoms with E-state index in [9.17, 15) is 5.11 Å². The molecule has 26 heavy (non-hydrogen) atoms. The molecule has 1 aliphatic heterocycles. The van der Waals surface area contributed by atoms with Gasteiger partial charge in [0.15, 0.2) is 0 Å². The third-order valence-electron chi connectivity index (χ3n) is 5.91. The van der Waals surface area contributed by atoms with Crippen molar-refractivity contribution in [3.63, 3.8) is 0 Å². The summed E-state index contributed by atoms with van der Waals surface area (Å²) in [6.45, 7) is 8.80. The summed E-state index contributed by atoms with van der Waals surface area (Å²) in [5, 5.41) is 10.2. The molecule has 0 saturated carbocycles. The lowest BCUT2D eigenvalue weighted by atomic mass is 9.66. The van der Waals surface area contributed by atoms with Gasteiger partial charge in [0.1, 0.15) is 17.1 Å². The van der Waals surface area contributed by atoms with E-state index >= 15 is 0 Å². The van der Waals surface area contributed by atoms with Crippen LogP contribution in [-0.4, -0.2) is 10.7 Å². The zero-order chi connectivity index (χ0) is 18.7. The van der Waals surface area contributed by atoms with Crippen molar-refractivity contribution in [2.75, 3.05) is 0 Å². The van der Waals surface area contributed by atoms with E-state index in [0.717, 1.165) is 30.6 Å². The Morgan fingerprint density at radius 1 is 1.23 bits per heavy atom.